The molecule has 0 atom stereocenters. The minimum atomic E-state index is -0.0691. The fourth-order valence-corrected chi connectivity index (χ4v) is 4.25. The molecule has 8 heteroatoms. The number of likely N-dealkylation sites (N-methyl/N-ethyl adjacent to an activating group) is 1. The molecule has 0 aromatic carbocycles. The Morgan fingerprint density at radius 3 is 2.58 bits per heavy atom. The fourth-order valence-electron chi connectivity index (χ4n) is 3.46. The van der Waals surface area contributed by atoms with Crippen molar-refractivity contribution < 1.29 is 4.79 Å². The predicted molar refractivity (Wildman–Crippen MR) is 97.9 cm³/mol. The van der Waals surface area contributed by atoms with E-state index in [2.05, 4.69) is 32.2 Å². The van der Waals surface area contributed by atoms with Crippen molar-refractivity contribution in [3.8, 4) is 0 Å². The summed E-state index contributed by atoms with van der Waals surface area (Å²) in [7, 11) is 1.89. The zero-order valence-electron chi connectivity index (χ0n) is 14.7. The molecular formula is C16H28N6OS. The van der Waals surface area contributed by atoms with Gasteiger partial charge in [-0.1, -0.05) is 37.5 Å². The van der Waals surface area contributed by atoms with Crippen LogP contribution in [0.15, 0.2) is 0 Å². The maximum atomic E-state index is 12.4. The van der Waals surface area contributed by atoms with E-state index in [0.29, 0.717) is 11.2 Å². The molecule has 2 aliphatic rings. The van der Waals surface area contributed by atoms with E-state index in [-0.39, 0.29) is 6.03 Å². The summed E-state index contributed by atoms with van der Waals surface area (Å²) in [6.45, 7) is 7.34. The number of rotatable bonds is 4. The van der Waals surface area contributed by atoms with E-state index < -0.39 is 0 Å². The lowest BCUT2D eigenvalue weighted by molar-refractivity contribution is 0.186. The molecule has 1 saturated carbocycles. The van der Waals surface area contributed by atoms with E-state index in [1.165, 1.54) is 30.6 Å². The largest absolute Gasteiger partial charge is 0.344 e. The molecule has 1 N–H and O–H groups in total. The van der Waals surface area contributed by atoms with Crippen LogP contribution < -0.4 is 10.2 Å². The minimum Gasteiger partial charge on any atom is -0.344 e. The van der Waals surface area contributed by atoms with Crippen molar-refractivity contribution in [3.05, 3.63) is 0 Å². The molecule has 0 bridgehead atoms. The third kappa shape index (κ3) is 4.16. The number of hydrogen-bond acceptors (Lipinski definition) is 6. The molecule has 134 valence electrons. The van der Waals surface area contributed by atoms with Gasteiger partial charge in [0.1, 0.15) is 0 Å². The normalized spacial score (nSPS) is 20.2. The summed E-state index contributed by atoms with van der Waals surface area (Å²) in [6.07, 6.45) is 5.93. The highest BCUT2D eigenvalue weighted by Gasteiger charge is 2.24. The van der Waals surface area contributed by atoms with Gasteiger partial charge in [-0.25, -0.2) is 4.79 Å². The topological polar surface area (TPSA) is 64.6 Å². The summed E-state index contributed by atoms with van der Waals surface area (Å²) in [5, 5.41) is 12.8. The number of aromatic nitrogens is 2. The standard InChI is InChI=1S/C16H28N6OS/c1-3-21-9-11-22(12-10-21)16-19-18-14(24-16)17-15(23)20(2)13-7-5-4-6-8-13/h13H,3-12H2,1-2H3,(H,17,18,23). The van der Waals surface area contributed by atoms with E-state index in [4.69, 9.17) is 0 Å². The van der Waals surface area contributed by atoms with E-state index in [0.717, 1.165) is 50.7 Å². The van der Waals surface area contributed by atoms with Gasteiger partial charge in [0.25, 0.3) is 0 Å². The molecule has 0 unspecified atom stereocenters. The second-order valence-electron chi connectivity index (χ2n) is 6.64. The minimum absolute atomic E-state index is 0.0691. The molecule has 2 fully saturated rings. The maximum absolute atomic E-state index is 12.4. The monoisotopic (exact) mass is 352 g/mol. The average Bonchev–Trinajstić information content (AvgIpc) is 3.10. The summed E-state index contributed by atoms with van der Waals surface area (Å²) in [5.74, 6) is 0. The van der Waals surface area contributed by atoms with Gasteiger partial charge in [0.15, 0.2) is 0 Å². The van der Waals surface area contributed by atoms with Gasteiger partial charge in [-0.05, 0) is 19.4 Å². The molecule has 1 aliphatic heterocycles. The number of anilines is 2. The molecule has 2 heterocycles. The number of piperazine rings is 1. The van der Waals surface area contributed by atoms with Crippen LogP contribution in [-0.4, -0.2) is 71.8 Å². The van der Waals surface area contributed by atoms with Gasteiger partial charge in [-0.15, -0.1) is 10.2 Å². The molecule has 1 aromatic rings. The molecule has 3 rings (SSSR count). The Morgan fingerprint density at radius 1 is 1.21 bits per heavy atom. The third-order valence-corrected chi connectivity index (χ3v) is 6.06. The zero-order chi connectivity index (χ0) is 16.9. The lowest BCUT2D eigenvalue weighted by atomic mass is 9.95. The van der Waals surface area contributed by atoms with Crippen LogP contribution in [0.5, 0.6) is 0 Å². The molecule has 24 heavy (non-hydrogen) atoms. The molecule has 2 amide bonds. The molecule has 0 spiro atoms. The van der Waals surface area contributed by atoms with Gasteiger partial charge in [0, 0.05) is 39.3 Å². The Hall–Kier alpha value is -1.41. The van der Waals surface area contributed by atoms with E-state index in [1.807, 2.05) is 11.9 Å². The number of nitrogens with one attached hydrogen (secondary N) is 1. The van der Waals surface area contributed by atoms with Crippen LogP contribution >= 0.6 is 11.3 Å². The maximum Gasteiger partial charge on any atom is 0.323 e. The first-order valence-corrected chi connectivity index (χ1v) is 9.83. The summed E-state index contributed by atoms with van der Waals surface area (Å²) in [4.78, 5) is 18.9. The first-order chi connectivity index (χ1) is 11.7. The molecule has 1 aromatic heterocycles. The molecule has 0 radical (unpaired) electrons. The Bertz CT molecular complexity index is 536. The number of urea groups is 1. The molecule has 1 aliphatic carbocycles. The van der Waals surface area contributed by atoms with Crippen molar-refractivity contribution >= 4 is 27.6 Å². The Balaban J connectivity index is 1.53. The van der Waals surface area contributed by atoms with Crippen LogP contribution in [0.3, 0.4) is 0 Å². The summed E-state index contributed by atoms with van der Waals surface area (Å²) < 4.78 is 0. The van der Waals surface area contributed by atoms with Crippen LogP contribution in [0.25, 0.3) is 0 Å². The van der Waals surface area contributed by atoms with Gasteiger partial charge < -0.3 is 14.7 Å². The molecule has 7 nitrogen and oxygen atoms in total. The lowest BCUT2D eigenvalue weighted by Gasteiger charge is -2.33. The third-order valence-electron chi connectivity index (χ3n) is 5.16. The van der Waals surface area contributed by atoms with Crippen molar-refractivity contribution in [1.82, 2.24) is 20.0 Å². The van der Waals surface area contributed by atoms with Crippen LogP contribution in [0.1, 0.15) is 39.0 Å². The Labute approximate surface area is 148 Å². The summed E-state index contributed by atoms with van der Waals surface area (Å²) in [5.41, 5.74) is 0. The first kappa shape index (κ1) is 17.4. The molecular weight excluding hydrogens is 324 g/mol. The zero-order valence-corrected chi connectivity index (χ0v) is 15.5. The van der Waals surface area contributed by atoms with Crippen LogP contribution in [-0.2, 0) is 0 Å². The van der Waals surface area contributed by atoms with Gasteiger partial charge in [-0.3, -0.25) is 5.32 Å². The lowest BCUT2D eigenvalue weighted by Crippen LogP contribution is -2.46. The Morgan fingerprint density at radius 2 is 1.92 bits per heavy atom. The first-order valence-electron chi connectivity index (χ1n) is 9.02. The van der Waals surface area contributed by atoms with Crippen LogP contribution in [0.2, 0.25) is 0 Å². The highest BCUT2D eigenvalue weighted by molar-refractivity contribution is 7.19. The second kappa shape index (κ2) is 8.11. The highest BCUT2D eigenvalue weighted by atomic mass is 32.1. The van der Waals surface area contributed by atoms with Gasteiger partial charge in [-0.2, -0.15) is 0 Å². The summed E-state index contributed by atoms with van der Waals surface area (Å²) in [6, 6.07) is 0.286. The van der Waals surface area contributed by atoms with Gasteiger partial charge in [0.2, 0.25) is 10.3 Å². The number of carbonyl (C=O) groups is 1. The highest BCUT2D eigenvalue weighted by Crippen LogP contribution is 2.26. The van der Waals surface area contributed by atoms with Crippen molar-refractivity contribution in [3.63, 3.8) is 0 Å². The van der Waals surface area contributed by atoms with Crippen molar-refractivity contribution in [1.29, 1.82) is 0 Å². The van der Waals surface area contributed by atoms with E-state index in [9.17, 15) is 4.79 Å². The van der Waals surface area contributed by atoms with Crippen LogP contribution in [0, 0.1) is 0 Å². The van der Waals surface area contributed by atoms with E-state index in [1.54, 1.807) is 0 Å². The van der Waals surface area contributed by atoms with Crippen molar-refractivity contribution in [2.45, 2.75) is 45.1 Å². The van der Waals surface area contributed by atoms with Gasteiger partial charge >= 0.3 is 6.03 Å². The number of carbonyl (C=O) groups excluding carboxylic acids is 1. The summed E-state index contributed by atoms with van der Waals surface area (Å²) >= 11 is 1.47. The average molecular weight is 353 g/mol. The number of nitrogens with zero attached hydrogens (tertiary/aromatic N) is 5. The number of amides is 2. The SMILES string of the molecule is CCN1CCN(c2nnc(NC(=O)N(C)C3CCCCC3)s2)CC1. The fraction of sp³-hybridized carbons (Fsp3) is 0.812. The molecule has 1 saturated heterocycles. The van der Waals surface area contributed by atoms with Crippen molar-refractivity contribution in [2.75, 3.05) is 50.0 Å². The predicted octanol–water partition coefficient (Wildman–Crippen LogP) is 2.48. The second-order valence-corrected chi connectivity index (χ2v) is 7.60. The Kier molecular flexibility index (Phi) is 5.89. The van der Waals surface area contributed by atoms with Crippen molar-refractivity contribution in [2.24, 2.45) is 0 Å². The smallest absolute Gasteiger partial charge is 0.323 e. The van der Waals surface area contributed by atoms with Gasteiger partial charge in [0.05, 0.1) is 0 Å². The quantitative estimate of drug-likeness (QED) is 0.902. The van der Waals surface area contributed by atoms with E-state index >= 15 is 0 Å². The van der Waals surface area contributed by atoms with Crippen LogP contribution in [0.4, 0.5) is 15.1 Å². The number of hydrogen-bond donors (Lipinski definition) is 1.